The van der Waals surface area contributed by atoms with E-state index in [0.29, 0.717) is 40.4 Å². The number of aromatic hydroxyl groups is 1. The maximum absolute atomic E-state index is 12.7. The fourth-order valence-corrected chi connectivity index (χ4v) is 3.94. The Kier molecular flexibility index (Phi) is 5.80. The Balaban J connectivity index is 1.63. The van der Waals surface area contributed by atoms with Crippen LogP contribution in [0.1, 0.15) is 33.2 Å². The van der Waals surface area contributed by atoms with Crippen molar-refractivity contribution < 1.29 is 19.4 Å². The predicted molar refractivity (Wildman–Crippen MR) is 123 cm³/mol. The van der Waals surface area contributed by atoms with E-state index in [0.717, 1.165) is 9.37 Å². The number of carbonyl (C=O) groups excluding carboxylic acids is 2. The van der Waals surface area contributed by atoms with Gasteiger partial charge in [0.25, 0.3) is 11.8 Å². The number of fused-ring (bicyclic) bond motifs is 1. The molecule has 3 aromatic carbocycles. The SMILES string of the molecule is CCOc1cc(Br)cc(C=Nc2ccc(N3C(=O)c4ccccc4C3=O)cc2Cl)c1O. The number of phenols is 1. The highest BCUT2D eigenvalue weighted by atomic mass is 79.9. The molecule has 0 aliphatic carbocycles. The molecule has 31 heavy (non-hydrogen) atoms. The third kappa shape index (κ3) is 3.94. The van der Waals surface area contributed by atoms with Gasteiger partial charge < -0.3 is 9.84 Å². The van der Waals surface area contributed by atoms with Crippen molar-refractivity contribution in [3.05, 3.63) is 80.8 Å². The number of halogens is 2. The summed E-state index contributed by atoms with van der Waals surface area (Å²) >= 11 is 9.75. The van der Waals surface area contributed by atoms with Gasteiger partial charge >= 0.3 is 0 Å². The minimum Gasteiger partial charge on any atom is -0.504 e. The normalized spacial score (nSPS) is 13.2. The van der Waals surface area contributed by atoms with Crippen molar-refractivity contribution in [2.75, 3.05) is 11.5 Å². The van der Waals surface area contributed by atoms with Gasteiger partial charge in [-0.25, -0.2) is 4.90 Å². The van der Waals surface area contributed by atoms with E-state index in [2.05, 4.69) is 20.9 Å². The number of hydrogen-bond donors (Lipinski definition) is 1. The van der Waals surface area contributed by atoms with Crippen LogP contribution in [-0.4, -0.2) is 29.7 Å². The van der Waals surface area contributed by atoms with Crippen molar-refractivity contribution in [2.24, 2.45) is 4.99 Å². The zero-order valence-corrected chi connectivity index (χ0v) is 18.6. The monoisotopic (exact) mass is 498 g/mol. The average Bonchev–Trinajstić information content (AvgIpc) is 3.01. The molecule has 0 atom stereocenters. The number of carbonyl (C=O) groups is 2. The molecule has 156 valence electrons. The van der Waals surface area contributed by atoms with Gasteiger partial charge in [0.15, 0.2) is 11.5 Å². The molecule has 0 fully saturated rings. The lowest BCUT2D eigenvalue weighted by Crippen LogP contribution is -2.29. The second-order valence-corrected chi connectivity index (χ2v) is 7.98. The first-order valence-electron chi connectivity index (χ1n) is 9.37. The topological polar surface area (TPSA) is 79.2 Å². The molecule has 4 rings (SSSR count). The third-order valence-corrected chi connectivity index (χ3v) is 5.46. The Morgan fingerprint density at radius 2 is 1.77 bits per heavy atom. The molecule has 8 heteroatoms. The van der Waals surface area contributed by atoms with Gasteiger partial charge in [0.2, 0.25) is 0 Å². The lowest BCUT2D eigenvalue weighted by atomic mass is 10.1. The molecule has 0 radical (unpaired) electrons. The summed E-state index contributed by atoms with van der Waals surface area (Å²) in [5.41, 5.74) is 1.94. The Morgan fingerprint density at radius 3 is 2.39 bits per heavy atom. The van der Waals surface area contributed by atoms with Gasteiger partial charge in [-0.15, -0.1) is 0 Å². The number of rotatable bonds is 5. The number of ether oxygens (including phenoxy) is 1. The van der Waals surface area contributed by atoms with E-state index < -0.39 is 11.8 Å². The van der Waals surface area contributed by atoms with Crippen molar-refractivity contribution in [1.82, 2.24) is 0 Å². The van der Waals surface area contributed by atoms with Crippen LogP contribution in [0.15, 0.2) is 64.1 Å². The van der Waals surface area contributed by atoms with E-state index in [1.165, 1.54) is 12.3 Å². The molecule has 3 aromatic rings. The molecule has 1 aliphatic heterocycles. The number of hydrogen-bond acceptors (Lipinski definition) is 5. The van der Waals surface area contributed by atoms with Gasteiger partial charge in [-0.2, -0.15) is 0 Å². The Bertz CT molecular complexity index is 1210. The van der Waals surface area contributed by atoms with Crippen molar-refractivity contribution >= 4 is 56.9 Å². The first-order valence-corrected chi connectivity index (χ1v) is 10.5. The Labute approximate surface area is 191 Å². The summed E-state index contributed by atoms with van der Waals surface area (Å²) in [5.74, 6) is -0.483. The molecule has 1 N–H and O–H groups in total. The number of amides is 2. The second-order valence-electron chi connectivity index (χ2n) is 6.66. The van der Waals surface area contributed by atoms with E-state index in [-0.39, 0.29) is 10.8 Å². The zero-order chi connectivity index (χ0) is 22.1. The van der Waals surface area contributed by atoms with Crippen LogP contribution in [0.2, 0.25) is 5.02 Å². The van der Waals surface area contributed by atoms with E-state index in [4.69, 9.17) is 16.3 Å². The van der Waals surface area contributed by atoms with Crippen molar-refractivity contribution in [3.63, 3.8) is 0 Å². The number of nitrogens with zero attached hydrogens (tertiary/aromatic N) is 2. The molecule has 6 nitrogen and oxygen atoms in total. The van der Waals surface area contributed by atoms with Gasteiger partial charge in [0.1, 0.15) is 0 Å². The standard InChI is InChI=1S/C23H16BrClN2O4/c1-2-31-20-10-14(24)9-13(21(20)28)12-26-19-8-7-15(11-18(19)25)27-22(29)16-5-3-4-6-17(16)23(27)30/h3-12,28H,2H2,1H3. The number of aliphatic imine (C=N–C) groups is 1. The number of benzene rings is 3. The molecule has 0 spiro atoms. The van der Waals surface area contributed by atoms with Crippen LogP contribution in [-0.2, 0) is 0 Å². The molecule has 0 saturated carbocycles. The minimum atomic E-state index is -0.393. The molecule has 1 heterocycles. The summed E-state index contributed by atoms with van der Waals surface area (Å²) in [5, 5.41) is 10.6. The maximum atomic E-state index is 12.7. The number of anilines is 1. The lowest BCUT2D eigenvalue weighted by Gasteiger charge is -2.14. The van der Waals surface area contributed by atoms with Gasteiger partial charge in [-0.1, -0.05) is 39.7 Å². The van der Waals surface area contributed by atoms with E-state index in [1.54, 1.807) is 48.5 Å². The summed E-state index contributed by atoms with van der Waals surface area (Å²) in [6.07, 6.45) is 1.46. The Morgan fingerprint density at radius 1 is 1.10 bits per heavy atom. The van der Waals surface area contributed by atoms with Crippen molar-refractivity contribution in [3.8, 4) is 11.5 Å². The first kappa shape index (κ1) is 21.1. The molecule has 0 aromatic heterocycles. The largest absolute Gasteiger partial charge is 0.504 e. The fraction of sp³-hybridized carbons (Fsp3) is 0.0870. The average molecular weight is 500 g/mol. The van der Waals surface area contributed by atoms with Crippen LogP contribution in [0.3, 0.4) is 0 Å². The quantitative estimate of drug-likeness (QED) is 0.358. The van der Waals surface area contributed by atoms with Crippen molar-refractivity contribution in [2.45, 2.75) is 6.92 Å². The fourth-order valence-electron chi connectivity index (χ4n) is 3.26. The van der Waals surface area contributed by atoms with Crippen LogP contribution >= 0.6 is 27.5 Å². The molecular formula is C23H16BrClN2O4. The van der Waals surface area contributed by atoms with Crippen LogP contribution in [0, 0.1) is 0 Å². The third-order valence-electron chi connectivity index (χ3n) is 4.70. The molecular weight excluding hydrogens is 484 g/mol. The highest BCUT2D eigenvalue weighted by Crippen LogP contribution is 2.36. The molecule has 0 bridgehead atoms. The molecule has 1 aliphatic rings. The summed E-state index contributed by atoms with van der Waals surface area (Å²) in [4.78, 5) is 30.8. The summed E-state index contributed by atoms with van der Waals surface area (Å²) in [7, 11) is 0. The van der Waals surface area contributed by atoms with E-state index >= 15 is 0 Å². The van der Waals surface area contributed by atoms with Gasteiger partial charge in [0.05, 0.1) is 34.1 Å². The van der Waals surface area contributed by atoms with Gasteiger partial charge in [-0.3, -0.25) is 14.6 Å². The molecule has 2 amide bonds. The minimum absolute atomic E-state index is 0.0347. The van der Waals surface area contributed by atoms with Crippen LogP contribution < -0.4 is 9.64 Å². The smallest absolute Gasteiger partial charge is 0.266 e. The van der Waals surface area contributed by atoms with E-state index in [1.807, 2.05) is 6.92 Å². The number of phenolic OH excluding ortho intramolecular Hbond substituents is 1. The molecule has 0 saturated heterocycles. The van der Waals surface area contributed by atoms with Crippen LogP contribution in [0.4, 0.5) is 11.4 Å². The maximum Gasteiger partial charge on any atom is 0.266 e. The predicted octanol–water partition coefficient (Wildman–Crippen LogP) is 5.76. The summed E-state index contributed by atoms with van der Waals surface area (Å²) in [6, 6.07) is 14.8. The van der Waals surface area contributed by atoms with Crippen LogP contribution in [0.5, 0.6) is 11.5 Å². The Hall–Kier alpha value is -3.16. The van der Waals surface area contributed by atoms with Crippen LogP contribution in [0.25, 0.3) is 0 Å². The zero-order valence-electron chi connectivity index (χ0n) is 16.3. The van der Waals surface area contributed by atoms with Gasteiger partial charge in [-0.05, 0) is 49.4 Å². The lowest BCUT2D eigenvalue weighted by molar-refractivity contribution is 0.0926. The number of imide groups is 1. The van der Waals surface area contributed by atoms with Gasteiger partial charge in [0, 0.05) is 16.3 Å². The molecule has 0 unspecified atom stereocenters. The highest BCUT2D eigenvalue weighted by Gasteiger charge is 2.36. The summed E-state index contributed by atoms with van der Waals surface area (Å²) in [6.45, 7) is 2.23. The summed E-state index contributed by atoms with van der Waals surface area (Å²) < 4.78 is 6.14. The van der Waals surface area contributed by atoms with Crippen molar-refractivity contribution in [1.29, 1.82) is 0 Å². The van der Waals surface area contributed by atoms with E-state index in [9.17, 15) is 14.7 Å². The first-order chi connectivity index (χ1) is 14.9. The second kappa shape index (κ2) is 8.53. The highest BCUT2D eigenvalue weighted by molar-refractivity contribution is 9.10.